The summed E-state index contributed by atoms with van der Waals surface area (Å²) >= 11 is 0. The van der Waals surface area contributed by atoms with Crippen LogP contribution >= 0.6 is 0 Å². The second-order valence-electron chi connectivity index (χ2n) is 6.26. The minimum atomic E-state index is 0.510. The fourth-order valence-electron chi connectivity index (χ4n) is 2.96. The van der Waals surface area contributed by atoms with Crippen LogP contribution in [0.2, 0.25) is 0 Å². The van der Waals surface area contributed by atoms with Gasteiger partial charge in [0.15, 0.2) is 0 Å². The molecule has 0 spiro atoms. The third-order valence-electron chi connectivity index (χ3n) is 4.31. The van der Waals surface area contributed by atoms with Crippen LogP contribution in [-0.2, 0) is 4.79 Å². The molecule has 106 valence electrons. The molecule has 0 radical (unpaired) electrons. The highest BCUT2D eigenvalue weighted by Gasteiger charge is 2.05. The monoisotopic (exact) mass is 252 g/mol. The van der Waals surface area contributed by atoms with Crippen molar-refractivity contribution < 1.29 is 4.79 Å². The predicted octanol–water partition coefficient (Wildman–Crippen LogP) is 5.67. The van der Waals surface area contributed by atoms with Crippen molar-refractivity contribution in [2.45, 2.75) is 96.8 Å². The number of ketones is 1. The molecule has 1 aliphatic rings. The third-order valence-corrected chi connectivity index (χ3v) is 4.31. The zero-order valence-corrected chi connectivity index (χ0v) is 12.4. The van der Waals surface area contributed by atoms with Crippen molar-refractivity contribution in [3.8, 4) is 0 Å². The highest BCUT2D eigenvalue weighted by molar-refractivity contribution is 5.78. The fourth-order valence-corrected chi connectivity index (χ4v) is 2.96. The molecule has 0 amide bonds. The summed E-state index contributed by atoms with van der Waals surface area (Å²) in [4.78, 5) is 11.6. The summed E-state index contributed by atoms with van der Waals surface area (Å²) in [7, 11) is 0. The molecular weight excluding hydrogens is 220 g/mol. The molecule has 18 heavy (non-hydrogen) atoms. The van der Waals surface area contributed by atoms with Gasteiger partial charge in [-0.3, -0.25) is 4.79 Å². The molecule has 1 atom stereocenters. The molecule has 1 aliphatic carbocycles. The van der Waals surface area contributed by atoms with Crippen molar-refractivity contribution in [1.82, 2.24) is 0 Å². The van der Waals surface area contributed by atoms with Crippen LogP contribution in [0.5, 0.6) is 0 Å². The van der Waals surface area contributed by atoms with E-state index in [1.165, 1.54) is 64.2 Å². The minimum Gasteiger partial charge on any atom is -0.300 e. The summed E-state index contributed by atoms with van der Waals surface area (Å²) in [6, 6.07) is 0. The maximum absolute atomic E-state index is 11.6. The first-order valence-electron chi connectivity index (χ1n) is 8.31. The van der Waals surface area contributed by atoms with Gasteiger partial charge >= 0.3 is 0 Å². The Morgan fingerprint density at radius 2 is 1.06 bits per heavy atom. The van der Waals surface area contributed by atoms with Crippen LogP contribution in [0.1, 0.15) is 96.8 Å². The number of rotatable bonds is 0. The Labute approximate surface area is 114 Å². The average molecular weight is 252 g/mol. The second-order valence-corrected chi connectivity index (χ2v) is 6.26. The number of Topliss-reactive ketones (excluding diaryl/α,β-unsaturated/α-hetero) is 1. The Kier molecular flexibility index (Phi) is 9.24. The topological polar surface area (TPSA) is 17.1 Å². The standard InChI is InChI=1S/C17H32O/c1-16-12-8-4-2-3-5-10-14-17(18)15-11-7-6-9-13-16/h16H,2-15H2,1H3. The summed E-state index contributed by atoms with van der Waals surface area (Å²) < 4.78 is 0. The molecule has 0 saturated heterocycles. The summed E-state index contributed by atoms with van der Waals surface area (Å²) in [5.74, 6) is 1.43. The smallest absolute Gasteiger partial charge is 0.132 e. The lowest BCUT2D eigenvalue weighted by molar-refractivity contribution is -0.119. The number of hydrogen-bond acceptors (Lipinski definition) is 1. The first-order valence-corrected chi connectivity index (χ1v) is 8.31. The van der Waals surface area contributed by atoms with Crippen molar-refractivity contribution >= 4 is 5.78 Å². The Hall–Kier alpha value is -0.330. The predicted molar refractivity (Wildman–Crippen MR) is 78.8 cm³/mol. The van der Waals surface area contributed by atoms with Crippen LogP contribution < -0.4 is 0 Å². The van der Waals surface area contributed by atoms with Crippen molar-refractivity contribution in [3.63, 3.8) is 0 Å². The van der Waals surface area contributed by atoms with Gasteiger partial charge in [0, 0.05) is 12.8 Å². The van der Waals surface area contributed by atoms with Gasteiger partial charge in [-0.25, -0.2) is 0 Å². The zero-order chi connectivity index (χ0) is 13.1. The quantitative estimate of drug-likeness (QED) is 0.543. The number of carbonyl (C=O) groups is 1. The van der Waals surface area contributed by atoms with Gasteiger partial charge in [0.2, 0.25) is 0 Å². The van der Waals surface area contributed by atoms with Gasteiger partial charge in [-0.05, 0) is 18.8 Å². The Morgan fingerprint density at radius 3 is 1.56 bits per heavy atom. The molecule has 1 unspecified atom stereocenters. The Balaban J connectivity index is 2.19. The maximum Gasteiger partial charge on any atom is 0.132 e. The highest BCUT2D eigenvalue weighted by atomic mass is 16.1. The van der Waals surface area contributed by atoms with Crippen LogP contribution in [-0.4, -0.2) is 5.78 Å². The van der Waals surface area contributed by atoms with Crippen LogP contribution in [0.4, 0.5) is 0 Å². The normalized spacial score (nSPS) is 26.9. The zero-order valence-electron chi connectivity index (χ0n) is 12.4. The van der Waals surface area contributed by atoms with Gasteiger partial charge in [-0.2, -0.15) is 0 Å². The van der Waals surface area contributed by atoms with Crippen LogP contribution in [0.25, 0.3) is 0 Å². The third kappa shape index (κ3) is 8.72. The van der Waals surface area contributed by atoms with Crippen LogP contribution in [0.15, 0.2) is 0 Å². The molecular formula is C17H32O. The largest absolute Gasteiger partial charge is 0.300 e. The Bertz CT molecular complexity index is 210. The first-order chi connectivity index (χ1) is 8.79. The molecule has 0 aliphatic heterocycles. The molecule has 1 nitrogen and oxygen atoms in total. The van der Waals surface area contributed by atoms with E-state index in [1.54, 1.807) is 0 Å². The number of hydrogen-bond donors (Lipinski definition) is 0. The molecule has 0 heterocycles. The van der Waals surface area contributed by atoms with E-state index in [1.807, 2.05) is 0 Å². The lowest BCUT2D eigenvalue weighted by Gasteiger charge is -2.11. The molecule has 1 heteroatoms. The SMILES string of the molecule is CC1CCCCCCCCC(=O)CCCCCC1. The fraction of sp³-hybridized carbons (Fsp3) is 0.941. The molecule has 1 saturated carbocycles. The second kappa shape index (κ2) is 10.6. The van der Waals surface area contributed by atoms with Crippen molar-refractivity contribution in [2.24, 2.45) is 5.92 Å². The van der Waals surface area contributed by atoms with Gasteiger partial charge in [-0.15, -0.1) is 0 Å². The van der Waals surface area contributed by atoms with Gasteiger partial charge in [-0.1, -0.05) is 71.1 Å². The molecule has 0 bridgehead atoms. The van der Waals surface area contributed by atoms with Gasteiger partial charge in [0.05, 0.1) is 0 Å². The van der Waals surface area contributed by atoms with Crippen LogP contribution in [0, 0.1) is 5.92 Å². The van der Waals surface area contributed by atoms with Gasteiger partial charge in [0.1, 0.15) is 5.78 Å². The van der Waals surface area contributed by atoms with E-state index in [4.69, 9.17) is 0 Å². The van der Waals surface area contributed by atoms with E-state index in [0.717, 1.165) is 31.6 Å². The first kappa shape index (κ1) is 15.7. The maximum atomic E-state index is 11.6. The minimum absolute atomic E-state index is 0.510. The van der Waals surface area contributed by atoms with Crippen LogP contribution in [0.3, 0.4) is 0 Å². The summed E-state index contributed by atoms with van der Waals surface area (Å²) in [6.45, 7) is 2.41. The molecule has 0 N–H and O–H groups in total. The van der Waals surface area contributed by atoms with E-state index < -0.39 is 0 Å². The van der Waals surface area contributed by atoms with Crippen molar-refractivity contribution in [3.05, 3.63) is 0 Å². The van der Waals surface area contributed by atoms with E-state index in [9.17, 15) is 4.79 Å². The lowest BCUT2D eigenvalue weighted by Crippen LogP contribution is -1.99. The molecule has 1 rings (SSSR count). The highest BCUT2D eigenvalue weighted by Crippen LogP contribution is 2.19. The summed E-state index contributed by atoms with van der Waals surface area (Å²) in [5, 5.41) is 0. The Morgan fingerprint density at radius 1 is 0.667 bits per heavy atom. The molecule has 0 aromatic carbocycles. The van der Waals surface area contributed by atoms with E-state index >= 15 is 0 Å². The van der Waals surface area contributed by atoms with E-state index in [0.29, 0.717) is 5.78 Å². The average Bonchev–Trinajstić information content (AvgIpc) is 2.35. The lowest BCUT2D eigenvalue weighted by atomic mass is 9.95. The molecule has 1 fully saturated rings. The van der Waals surface area contributed by atoms with Gasteiger partial charge in [0.25, 0.3) is 0 Å². The van der Waals surface area contributed by atoms with E-state index in [-0.39, 0.29) is 0 Å². The van der Waals surface area contributed by atoms with E-state index in [2.05, 4.69) is 6.92 Å². The molecule has 0 aromatic rings. The van der Waals surface area contributed by atoms with Crippen molar-refractivity contribution in [2.75, 3.05) is 0 Å². The van der Waals surface area contributed by atoms with Gasteiger partial charge < -0.3 is 0 Å². The number of carbonyl (C=O) groups excluding carboxylic acids is 1. The summed E-state index contributed by atoms with van der Waals surface area (Å²) in [5.41, 5.74) is 0. The molecule has 0 aromatic heterocycles. The van der Waals surface area contributed by atoms with Crippen molar-refractivity contribution in [1.29, 1.82) is 0 Å². The summed E-state index contributed by atoms with van der Waals surface area (Å²) in [6.07, 6.45) is 17.5.